The van der Waals surface area contributed by atoms with Crippen LogP contribution in [0.2, 0.25) is 0 Å². The molecule has 3 heteroatoms. The number of carbonyl (C=O) groups is 1. The normalized spacial score (nSPS) is 20.4. The summed E-state index contributed by atoms with van der Waals surface area (Å²) < 4.78 is 0. The number of fused-ring (bicyclic) bond motifs is 1. The summed E-state index contributed by atoms with van der Waals surface area (Å²) in [6.45, 7) is 0. The van der Waals surface area contributed by atoms with Crippen molar-refractivity contribution in [1.29, 1.82) is 0 Å². The van der Waals surface area contributed by atoms with Crippen LogP contribution in [0.5, 0.6) is 0 Å². The Kier molecular flexibility index (Phi) is 2.21. The number of aliphatic hydroxyl groups is 1. The van der Waals surface area contributed by atoms with Crippen molar-refractivity contribution in [3.05, 3.63) is 29.3 Å². The van der Waals surface area contributed by atoms with E-state index in [-0.39, 0.29) is 12.0 Å². The lowest BCUT2D eigenvalue weighted by atomic mass is 10.0. The largest absolute Gasteiger partial charge is 0.388 e. The van der Waals surface area contributed by atoms with E-state index in [2.05, 4.69) is 5.32 Å². The Balaban J connectivity index is 1.80. The number of rotatable bonds is 3. The van der Waals surface area contributed by atoms with Crippen molar-refractivity contribution < 1.29 is 9.90 Å². The number of amides is 1. The smallest absolute Gasteiger partial charge is 0.228 e. The Morgan fingerprint density at radius 2 is 2.25 bits per heavy atom. The zero-order chi connectivity index (χ0) is 11.1. The molecule has 1 aromatic rings. The van der Waals surface area contributed by atoms with E-state index in [1.165, 1.54) is 12.8 Å². The van der Waals surface area contributed by atoms with Crippen LogP contribution in [0.25, 0.3) is 0 Å². The monoisotopic (exact) mass is 217 g/mol. The third kappa shape index (κ3) is 1.83. The second kappa shape index (κ2) is 3.59. The molecule has 1 saturated carbocycles. The first-order valence-electron chi connectivity index (χ1n) is 5.83. The van der Waals surface area contributed by atoms with Gasteiger partial charge in [-0.1, -0.05) is 25.0 Å². The fourth-order valence-corrected chi connectivity index (χ4v) is 2.26. The van der Waals surface area contributed by atoms with Gasteiger partial charge in [-0.05, 0) is 29.5 Å². The molecule has 3 nitrogen and oxygen atoms in total. The van der Waals surface area contributed by atoms with Crippen molar-refractivity contribution in [2.75, 3.05) is 5.32 Å². The maximum atomic E-state index is 11.2. The first-order valence-corrected chi connectivity index (χ1v) is 5.83. The molecule has 1 atom stereocenters. The lowest BCUT2D eigenvalue weighted by Crippen LogP contribution is -2.03. The van der Waals surface area contributed by atoms with Crippen molar-refractivity contribution in [1.82, 2.24) is 0 Å². The number of nitrogens with one attached hydrogen (secondary N) is 1. The van der Waals surface area contributed by atoms with E-state index in [0.29, 0.717) is 12.3 Å². The predicted molar refractivity (Wildman–Crippen MR) is 61.1 cm³/mol. The molecule has 2 N–H and O–H groups in total. The minimum Gasteiger partial charge on any atom is -0.388 e. The van der Waals surface area contributed by atoms with Gasteiger partial charge in [0, 0.05) is 5.69 Å². The molecule has 3 rings (SSSR count). The van der Waals surface area contributed by atoms with E-state index in [4.69, 9.17) is 0 Å². The summed E-state index contributed by atoms with van der Waals surface area (Å²) in [5, 5.41) is 12.8. The van der Waals surface area contributed by atoms with Crippen molar-refractivity contribution in [2.24, 2.45) is 5.92 Å². The quantitative estimate of drug-likeness (QED) is 0.813. The minimum absolute atomic E-state index is 0.0452. The molecular formula is C13H15NO2. The van der Waals surface area contributed by atoms with Crippen LogP contribution < -0.4 is 5.32 Å². The van der Waals surface area contributed by atoms with Gasteiger partial charge in [-0.3, -0.25) is 4.79 Å². The molecule has 1 aliphatic carbocycles. The van der Waals surface area contributed by atoms with Gasteiger partial charge < -0.3 is 10.4 Å². The summed E-state index contributed by atoms with van der Waals surface area (Å²) in [6.07, 6.45) is 3.44. The maximum absolute atomic E-state index is 11.2. The molecule has 0 aromatic heterocycles. The molecule has 1 amide bonds. The Hall–Kier alpha value is -1.35. The zero-order valence-electron chi connectivity index (χ0n) is 9.07. The first kappa shape index (κ1) is 9.85. The van der Waals surface area contributed by atoms with Crippen LogP contribution in [0, 0.1) is 5.92 Å². The molecule has 0 spiro atoms. The van der Waals surface area contributed by atoms with Crippen LogP contribution in [0.4, 0.5) is 5.69 Å². The van der Waals surface area contributed by atoms with E-state index in [0.717, 1.165) is 23.2 Å². The molecule has 1 fully saturated rings. The molecule has 84 valence electrons. The number of aliphatic hydroxyl groups excluding tert-OH is 1. The summed E-state index contributed by atoms with van der Waals surface area (Å²) in [7, 11) is 0. The molecular weight excluding hydrogens is 202 g/mol. The summed E-state index contributed by atoms with van der Waals surface area (Å²) in [6, 6.07) is 5.77. The van der Waals surface area contributed by atoms with Gasteiger partial charge >= 0.3 is 0 Å². The summed E-state index contributed by atoms with van der Waals surface area (Å²) in [5.74, 6) is 0.756. The van der Waals surface area contributed by atoms with Crippen LogP contribution in [0.3, 0.4) is 0 Å². The molecule has 1 heterocycles. The second-order valence-electron chi connectivity index (χ2n) is 4.84. The van der Waals surface area contributed by atoms with Gasteiger partial charge in [-0.25, -0.2) is 0 Å². The SMILES string of the molecule is O=C1Cc2cc(C(O)CC3CC3)ccc2N1. The highest BCUT2D eigenvalue weighted by atomic mass is 16.3. The van der Waals surface area contributed by atoms with Gasteiger partial charge in [0.15, 0.2) is 0 Å². The highest BCUT2D eigenvalue weighted by Crippen LogP contribution is 2.38. The molecule has 0 radical (unpaired) electrons. The number of hydrogen-bond donors (Lipinski definition) is 2. The van der Waals surface area contributed by atoms with Crippen molar-refractivity contribution in [2.45, 2.75) is 31.8 Å². The maximum Gasteiger partial charge on any atom is 0.228 e. The average Bonchev–Trinajstić information content (AvgIpc) is 2.96. The fraction of sp³-hybridized carbons (Fsp3) is 0.462. The number of hydrogen-bond acceptors (Lipinski definition) is 2. The highest BCUT2D eigenvalue weighted by molar-refractivity contribution is 5.99. The molecule has 0 bridgehead atoms. The van der Waals surface area contributed by atoms with Gasteiger partial charge in [0.05, 0.1) is 12.5 Å². The molecule has 16 heavy (non-hydrogen) atoms. The van der Waals surface area contributed by atoms with E-state index < -0.39 is 0 Å². The van der Waals surface area contributed by atoms with Gasteiger partial charge in [0.25, 0.3) is 0 Å². The zero-order valence-corrected chi connectivity index (χ0v) is 9.07. The van der Waals surface area contributed by atoms with Crippen molar-refractivity contribution in [3.63, 3.8) is 0 Å². The summed E-state index contributed by atoms with van der Waals surface area (Å²) >= 11 is 0. The Bertz CT molecular complexity index is 438. The summed E-state index contributed by atoms with van der Waals surface area (Å²) in [5.41, 5.74) is 2.85. The number of anilines is 1. The van der Waals surface area contributed by atoms with Gasteiger partial charge in [0.1, 0.15) is 0 Å². The molecule has 1 unspecified atom stereocenters. The number of benzene rings is 1. The van der Waals surface area contributed by atoms with E-state index in [1.54, 1.807) is 0 Å². The third-order valence-corrected chi connectivity index (χ3v) is 3.39. The summed E-state index contributed by atoms with van der Waals surface area (Å²) in [4.78, 5) is 11.2. The van der Waals surface area contributed by atoms with Crippen molar-refractivity contribution >= 4 is 11.6 Å². The van der Waals surface area contributed by atoms with Gasteiger partial charge in [0.2, 0.25) is 5.91 Å². The van der Waals surface area contributed by atoms with Crippen molar-refractivity contribution in [3.8, 4) is 0 Å². The van der Waals surface area contributed by atoms with E-state index in [9.17, 15) is 9.90 Å². The van der Waals surface area contributed by atoms with E-state index >= 15 is 0 Å². The fourth-order valence-electron chi connectivity index (χ4n) is 2.26. The van der Waals surface area contributed by atoms with Crippen LogP contribution in [-0.2, 0) is 11.2 Å². The lowest BCUT2D eigenvalue weighted by Gasteiger charge is -2.11. The Labute approximate surface area is 94.5 Å². The second-order valence-corrected chi connectivity index (χ2v) is 4.84. The molecule has 1 aromatic carbocycles. The van der Waals surface area contributed by atoms with Crippen LogP contribution in [0.1, 0.15) is 36.5 Å². The molecule has 2 aliphatic rings. The first-order chi connectivity index (χ1) is 7.72. The third-order valence-electron chi connectivity index (χ3n) is 3.39. The van der Waals surface area contributed by atoms with Crippen LogP contribution in [0.15, 0.2) is 18.2 Å². The van der Waals surface area contributed by atoms with Crippen LogP contribution >= 0.6 is 0 Å². The Morgan fingerprint density at radius 1 is 1.44 bits per heavy atom. The van der Waals surface area contributed by atoms with Gasteiger partial charge in [-0.2, -0.15) is 0 Å². The van der Waals surface area contributed by atoms with E-state index in [1.807, 2.05) is 18.2 Å². The van der Waals surface area contributed by atoms with Crippen LogP contribution in [-0.4, -0.2) is 11.0 Å². The Morgan fingerprint density at radius 3 is 3.00 bits per heavy atom. The minimum atomic E-state index is -0.367. The number of carbonyl (C=O) groups excluding carboxylic acids is 1. The lowest BCUT2D eigenvalue weighted by molar-refractivity contribution is -0.115. The standard InChI is InChI=1S/C13H15NO2/c15-12(5-8-1-2-8)9-3-4-11-10(6-9)7-13(16)14-11/h3-4,6,8,12,15H,1-2,5,7H2,(H,14,16). The predicted octanol–water partition coefficient (Wildman–Crippen LogP) is 2.01. The molecule has 0 saturated heterocycles. The van der Waals surface area contributed by atoms with Gasteiger partial charge in [-0.15, -0.1) is 0 Å². The highest BCUT2D eigenvalue weighted by Gasteiger charge is 2.26. The molecule has 1 aliphatic heterocycles. The topological polar surface area (TPSA) is 49.3 Å². The average molecular weight is 217 g/mol.